The molecule has 0 aliphatic rings. The summed E-state index contributed by atoms with van der Waals surface area (Å²) >= 11 is 5.52. The zero-order valence-corrected chi connectivity index (χ0v) is 11.2. The molecule has 0 radical (unpaired) electrons. The van der Waals surface area contributed by atoms with Crippen molar-refractivity contribution in [2.75, 3.05) is 27.9 Å². The Balaban J connectivity index is 3.96. The number of esters is 1. The second-order valence-corrected chi connectivity index (χ2v) is 6.57. The first-order chi connectivity index (χ1) is 7.01. The third-order valence-electron chi connectivity index (χ3n) is 1.91. The number of hydrogen-bond acceptors (Lipinski definition) is 5. The first-order valence-corrected chi connectivity index (χ1v) is 6.84. The van der Waals surface area contributed by atoms with Gasteiger partial charge in [-0.3, -0.25) is 4.79 Å². The standard InChI is InChI=1S/C8H17ClO5Si/c1-7(9)8(10)14-5-6-15(11-2,12-3)13-4/h7H,5-6H2,1-4H3. The van der Waals surface area contributed by atoms with Gasteiger partial charge in [0.05, 0.1) is 12.7 Å². The van der Waals surface area contributed by atoms with Crippen molar-refractivity contribution in [3.05, 3.63) is 0 Å². The van der Waals surface area contributed by atoms with E-state index in [0.29, 0.717) is 6.04 Å². The Bertz CT molecular complexity index is 187. The zero-order valence-electron chi connectivity index (χ0n) is 9.41. The Morgan fingerprint density at radius 3 is 2.07 bits per heavy atom. The van der Waals surface area contributed by atoms with Gasteiger partial charge in [0.15, 0.2) is 0 Å². The maximum Gasteiger partial charge on any atom is 0.503 e. The fraction of sp³-hybridized carbons (Fsp3) is 0.875. The minimum atomic E-state index is -2.64. The molecule has 0 N–H and O–H groups in total. The van der Waals surface area contributed by atoms with Gasteiger partial charge < -0.3 is 18.0 Å². The average molecular weight is 257 g/mol. The summed E-state index contributed by atoms with van der Waals surface area (Å²) in [5, 5.41) is -0.645. The van der Waals surface area contributed by atoms with Crippen LogP contribution < -0.4 is 0 Å². The van der Waals surface area contributed by atoms with E-state index in [2.05, 4.69) is 0 Å². The third-order valence-corrected chi connectivity index (χ3v) is 4.77. The average Bonchev–Trinajstić information content (AvgIpc) is 2.24. The van der Waals surface area contributed by atoms with Crippen LogP contribution in [0.5, 0.6) is 0 Å². The van der Waals surface area contributed by atoms with Crippen molar-refractivity contribution < 1.29 is 22.8 Å². The van der Waals surface area contributed by atoms with Gasteiger partial charge in [0, 0.05) is 21.3 Å². The van der Waals surface area contributed by atoms with Gasteiger partial charge in [-0.15, -0.1) is 11.6 Å². The second-order valence-electron chi connectivity index (χ2n) is 2.83. The molecule has 0 amide bonds. The van der Waals surface area contributed by atoms with Crippen LogP contribution >= 0.6 is 11.6 Å². The molecule has 0 heterocycles. The van der Waals surface area contributed by atoms with Gasteiger partial charge in [-0.2, -0.15) is 0 Å². The predicted molar refractivity (Wildman–Crippen MR) is 57.9 cm³/mol. The lowest BCUT2D eigenvalue weighted by Crippen LogP contribution is -2.44. The molecule has 1 unspecified atom stereocenters. The number of hydrogen-bond donors (Lipinski definition) is 0. The van der Waals surface area contributed by atoms with Crippen LogP contribution in [0.2, 0.25) is 6.04 Å². The van der Waals surface area contributed by atoms with Gasteiger partial charge in [0.1, 0.15) is 5.38 Å². The van der Waals surface area contributed by atoms with Crippen LogP contribution in [0.4, 0.5) is 0 Å². The molecular formula is C8H17ClO5Si. The van der Waals surface area contributed by atoms with Crippen molar-refractivity contribution in [2.24, 2.45) is 0 Å². The number of halogens is 1. The lowest BCUT2D eigenvalue weighted by molar-refractivity contribution is -0.142. The van der Waals surface area contributed by atoms with Gasteiger partial charge >= 0.3 is 14.8 Å². The summed E-state index contributed by atoms with van der Waals surface area (Å²) in [7, 11) is 1.88. The van der Waals surface area contributed by atoms with E-state index < -0.39 is 20.2 Å². The maximum absolute atomic E-state index is 11.0. The van der Waals surface area contributed by atoms with Gasteiger partial charge in [0.25, 0.3) is 0 Å². The minimum absolute atomic E-state index is 0.178. The van der Waals surface area contributed by atoms with Crippen LogP contribution in [0.1, 0.15) is 6.92 Å². The van der Waals surface area contributed by atoms with Crippen LogP contribution in [-0.4, -0.2) is 48.1 Å². The lowest BCUT2D eigenvalue weighted by atomic mass is 10.5. The van der Waals surface area contributed by atoms with Gasteiger partial charge in [-0.05, 0) is 6.92 Å². The molecule has 0 fully saturated rings. The van der Waals surface area contributed by atoms with Crippen LogP contribution in [-0.2, 0) is 22.8 Å². The molecule has 0 aromatic carbocycles. The zero-order chi connectivity index (χ0) is 11.9. The topological polar surface area (TPSA) is 54.0 Å². The first-order valence-electron chi connectivity index (χ1n) is 4.47. The van der Waals surface area contributed by atoms with E-state index in [1.807, 2.05) is 0 Å². The van der Waals surface area contributed by atoms with Gasteiger partial charge in [-0.1, -0.05) is 0 Å². The minimum Gasteiger partial charge on any atom is -0.465 e. The molecule has 0 rings (SSSR count). The van der Waals surface area contributed by atoms with E-state index in [9.17, 15) is 4.79 Å². The molecule has 0 aromatic heterocycles. The summed E-state index contributed by atoms with van der Waals surface area (Å²) in [6.07, 6.45) is 0. The number of carbonyl (C=O) groups is 1. The Labute approximate surface area is 96.0 Å². The normalized spacial score (nSPS) is 13.7. The molecule has 0 bridgehead atoms. The van der Waals surface area contributed by atoms with E-state index in [1.165, 1.54) is 21.3 Å². The summed E-state index contributed by atoms with van der Waals surface area (Å²) in [6.45, 7) is 1.73. The van der Waals surface area contributed by atoms with Crippen molar-refractivity contribution in [1.29, 1.82) is 0 Å². The SMILES string of the molecule is CO[Si](CCOC(=O)C(C)Cl)(OC)OC. The molecule has 0 saturated carbocycles. The molecule has 15 heavy (non-hydrogen) atoms. The van der Waals surface area contributed by atoms with E-state index in [-0.39, 0.29) is 6.61 Å². The highest BCUT2D eigenvalue weighted by atomic mass is 35.5. The van der Waals surface area contributed by atoms with Crippen LogP contribution in [0, 0.1) is 0 Å². The summed E-state index contributed by atoms with van der Waals surface area (Å²) in [5.74, 6) is -0.456. The van der Waals surface area contributed by atoms with Gasteiger partial charge in [0.2, 0.25) is 0 Å². The Hall–Kier alpha value is -0.143. The fourth-order valence-electron chi connectivity index (χ4n) is 0.948. The molecule has 90 valence electrons. The van der Waals surface area contributed by atoms with Crippen LogP contribution in [0.15, 0.2) is 0 Å². The first kappa shape index (κ1) is 14.9. The molecule has 5 nitrogen and oxygen atoms in total. The van der Waals surface area contributed by atoms with Crippen molar-refractivity contribution in [3.8, 4) is 0 Å². The third kappa shape index (κ3) is 4.94. The molecule has 0 aliphatic heterocycles. The van der Waals surface area contributed by atoms with Crippen LogP contribution in [0.3, 0.4) is 0 Å². The number of rotatable bonds is 7. The summed E-state index contributed by atoms with van der Waals surface area (Å²) in [6, 6.07) is 0.409. The quantitative estimate of drug-likeness (QED) is 0.387. The molecule has 0 aromatic rings. The van der Waals surface area contributed by atoms with Crippen molar-refractivity contribution in [3.63, 3.8) is 0 Å². The van der Waals surface area contributed by atoms with E-state index in [1.54, 1.807) is 6.92 Å². The summed E-state index contributed by atoms with van der Waals surface area (Å²) in [5.41, 5.74) is 0. The van der Waals surface area contributed by atoms with Crippen molar-refractivity contribution in [2.45, 2.75) is 18.3 Å². The highest BCUT2D eigenvalue weighted by Crippen LogP contribution is 2.12. The monoisotopic (exact) mass is 256 g/mol. The van der Waals surface area contributed by atoms with E-state index in [0.717, 1.165) is 0 Å². The summed E-state index contributed by atoms with van der Waals surface area (Å²) in [4.78, 5) is 11.0. The molecular weight excluding hydrogens is 240 g/mol. The molecule has 0 aliphatic carbocycles. The molecule has 0 spiro atoms. The number of alkyl halides is 1. The molecule has 1 atom stereocenters. The molecule has 7 heteroatoms. The fourth-order valence-corrected chi connectivity index (χ4v) is 2.48. The lowest BCUT2D eigenvalue weighted by Gasteiger charge is -2.23. The highest BCUT2D eigenvalue weighted by molar-refractivity contribution is 6.60. The summed E-state index contributed by atoms with van der Waals surface area (Å²) < 4.78 is 20.3. The van der Waals surface area contributed by atoms with Crippen LogP contribution in [0.25, 0.3) is 0 Å². The van der Waals surface area contributed by atoms with E-state index in [4.69, 9.17) is 29.6 Å². The van der Waals surface area contributed by atoms with Crippen molar-refractivity contribution in [1.82, 2.24) is 0 Å². The smallest absolute Gasteiger partial charge is 0.465 e. The Kier molecular flexibility index (Phi) is 7.11. The number of ether oxygens (including phenoxy) is 1. The highest BCUT2D eigenvalue weighted by Gasteiger charge is 2.37. The van der Waals surface area contributed by atoms with Gasteiger partial charge in [-0.25, -0.2) is 0 Å². The Morgan fingerprint density at radius 1 is 1.27 bits per heavy atom. The largest absolute Gasteiger partial charge is 0.503 e. The maximum atomic E-state index is 11.0. The number of carbonyl (C=O) groups excluding carboxylic acids is 1. The Morgan fingerprint density at radius 2 is 1.73 bits per heavy atom. The van der Waals surface area contributed by atoms with E-state index >= 15 is 0 Å². The molecule has 0 saturated heterocycles. The predicted octanol–water partition coefficient (Wildman–Crippen LogP) is 1.03. The van der Waals surface area contributed by atoms with Crippen molar-refractivity contribution >= 4 is 26.4 Å². The second kappa shape index (κ2) is 7.18.